The highest BCUT2D eigenvalue weighted by Crippen LogP contribution is 2.19. The zero-order chi connectivity index (χ0) is 14.4. The predicted molar refractivity (Wildman–Crippen MR) is 82.5 cm³/mol. The van der Waals surface area contributed by atoms with Gasteiger partial charge in [0.15, 0.2) is 0 Å². The molecule has 0 fully saturated rings. The van der Waals surface area contributed by atoms with Crippen molar-refractivity contribution in [1.29, 1.82) is 0 Å². The van der Waals surface area contributed by atoms with Crippen LogP contribution >= 0.6 is 15.9 Å². The molecule has 20 heavy (non-hydrogen) atoms. The molecule has 0 spiro atoms. The van der Waals surface area contributed by atoms with Crippen LogP contribution in [-0.2, 0) is 11.3 Å². The average molecular weight is 337 g/mol. The van der Waals surface area contributed by atoms with Crippen molar-refractivity contribution < 1.29 is 9.21 Å². The van der Waals surface area contributed by atoms with Crippen LogP contribution < -0.4 is 10.6 Å². The highest BCUT2D eigenvalue weighted by Gasteiger charge is 2.04. The number of benzene rings is 1. The summed E-state index contributed by atoms with van der Waals surface area (Å²) < 4.78 is 6.23. The first-order valence-corrected chi connectivity index (χ1v) is 7.23. The maximum atomic E-state index is 11.8. The number of rotatable bonds is 6. The first-order chi connectivity index (χ1) is 9.65. The van der Waals surface area contributed by atoms with E-state index < -0.39 is 0 Å². The van der Waals surface area contributed by atoms with E-state index in [0.717, 1.165) is 21.5 Å². The van der Waals surface area contributed by atoms with Gasteiger partial charge in [-0.05, 0) is 42.8 Å². The Bertz CT molecular complexity index is 567. The van der Waals surface area contributed by atoms with Gasteiger partial charge in [0, 0.05) is 23.1 Å². The summed E-state index contributed by atoms with van der Waals surface area (Å²) in [7, 11) is 0. The molecule has 106 valence electrons. The minimum absolute atomic E-state index is 0.00123. The molecular formula is C15H17BrN2O2. The first-order valence-electron chi connectivity index (χ1n) is 6.44. The molecule has 0 aliphatic rings. The van der Waals surface area contributed by atoms with Crippen LogP contribution in [0.3, 0.4) is 0 Å². The second-order valence-electron chi connectivity index (χ2n) is 4.52. The van der Waals surface area contributed by atoms with Gasteiger partial charge in [0.1, 0.15) is 5.76 Å². The van der Waals surface area contributed by atoms with Crippen molar-refractivity contribution in [3.63, 3.8) is 0 Å². The van der Waals surface area contributed by atoms with Crippen molar-refractivity contribution in [1.82, 2.24) is 5.32 Å². The van der Waals surface area contributed by atoms with E-state index in [1.54, 1.807) is 6.26 Å². The largest absolute Gasteiger partial charge is 0.468 e. The molecule has 0 saturated heterocycles. The first kappa shape index (κ1) is 14.8. The molecule has 2 aromatic rings. The number of furan rings is 1. The lowest BCUT2D eigenvalue weighted by molar-refractivity contribution is -0.116. The maximum absolute atomic E-state index is 11.8. The summed E-state index contributed by atoms with van der Waals surface area (Å²) in [6, 6.07) is 9.50. The minimum Gasteiger partial charge on any atom is -0.468 e. The number of halogens is 1. The van der Waals surface area contributed by atoms with Gasteiger partial charge in [-0.15, -0.1) is 0 Å². The molecular weight excluding hydrogens is 320 g/mol. The Balaban J connectivity index is 1.71. The van der Waals surface area contributed by atoms with Crippen molar-refractivity contribution in [2.24, 2.45) is 0 Å². The molecule has 0 aliphatic carbocycles. The number of aryl methyl sites for hydroxylation is 1. The highest BCUT2D eigenvalue weighted by molar-refractivity contribution is 9.10. The standard InChI is InChI=1S/C15H17BrN2O2/c1-11-9-12(4-5-14(11)16)18-15(19)6-7-17-10-13-3-2-8-20-13/h2-5,8-9,17H,6-7,10H2,1H3,(H,18,19). The fraction of sp³-hybridized carbons (Fsp3) is 0.267. The zero-order valence-corrected chi connectivity index (χ0v) is 12.9. The van der Waals surface area contributed by atoms with Crippen LogP contribution in [-0.4, -0.2) is 12.5 Å². The van der Waals surface area contributed by atoms with E-state index in [1.165, 1.54) is 0 Å². The van der Waals surface area contributed by atoms with Crippen LogP contribution in [0.1, 0.15) is 17.7 Å². The number of carbonyl (C=O) groups excluding carboxylic acids is 1. The average Bonchev–Trinajstić information content (AvgIpc) is 2.92. The number of carbonyl (C=O) groups is 1. The normalized spacial score (nSPS) is 10.5. The molecule has 4 nitrogen and oxygen atoms in total. The third-order valence-corrected chi connectivity index (χ3v) is 3.74. The van der Waals surface area contributed by atoms with E-state index in [-0.39, 0.29) is 5.91 Å². The topological polar surface area (TPSA) is 54.3 Å². The van der Waals surface area contributed by atoms with Gasteiger partial charge >= 0.3 is 0 Å². The molecule has 1 heterocycles. The van der Waals surface area contributed by atoms with E-state index in [2.05, 4.69) is 26.6 Å². The molecule has 1 aromatic carbocycles. The third kappa shape index (κ3) is 4.51. The number of anilines is 1. The van der Waals surface area contributed by atoms with Gasteiger partial charge in [0.25, 0.3) is 0 Å². The van der Waals surface area contributed by atoms with E-state index >= 15 is 0 Å². The number of amides is 1. The lowest BCUT2D eigenvalue weighted by atomic mass is 10.2. The van der Waals surface area contributed by atoms with E-state index in [9.17, 15) is 4.79 Å². The fourth-order valence-corrected chi connectivity index (χ4v) is 2.02. The number of hydrogen-bond acceptors (Lipinski definition) is 3. The van der Waals surface area contributed by atoms with Crippen LogP contribution in [0, 0.1) is 6.92 Å². The van der Waals surface area contributed by atoms with E-state index in [4.69, 9.17) is 4.42 Å². The molecule has 5 heteroatoms. The van der Waals surface area contributed by atoms with Gasteiger partial charge in [0.2, 0.25) is 5.91 Å². The smallest absolute Gasteiger partial charge is 0.225 e. The van der Waals surface area contributed by atoms with Crippen LogP contribution in [0.15, 0.2) is 45.5 Å². The minimum atomic E-state index is -0.00123. The monoisotopic (exact) mass is 336 g/mol. The molecule has 0 bridgehead atoms. The van der Waals surface area contributed by atoms with Crippen LogP contribution in [0.2, 0.25) is 0 Å². The van der Waals surface area contributed by atoms with Gasteiger partial charge in [-0.1, -0.05) is 15.9 Å². The lowest BCUT2D eigenvalue weighted by Gasteiger charge is -2.07. The summed E-state index contributed by atoms with van der Waals surface area (Å²) in [6.45, 7) is 3.24. The second kappa shape index (κ2) is 7.26. The van der Waals surface area contributed by atoms with E-state index in [0.29, 0.717) is 19.5 Å². The third-order valence-electron chi connectivity index (χ3n) is 2.85. The summed E-state index contributed by atoms with van der Waals surface area (Å²) in [5.41, 5.74) is 1.92. The van der Waals surface area contributed by atoms with Crippen LogP contribution in [0.4, 0.5) is 5.69 Å². The van der Waals surface area contributed by atoms with E-state index in [1.807, 2.05) is 37.3 Å². The summed E-state index contributed by atoms with van der Waals surface area (Å²) in [5.74, 6) is 0.868. The summed E-state index contributed by atoms with van der Waals surface area (Å²) in [6.07, 6.45) is 2.06. The fourth-order valence-electron chi connectivity index (χ4n) is 1.77. The second-order valence-corrected chi connectivity index (χ2v) is 5.37. The molecule has 0 saturated carbocycles. The molecule has 0 unspecified atom stereocenters. The Morgan fingerprint density at radius 3 is 2.90 bits per heavy atom. The molecule has 0 aliphatic heterocycles. The molecule has 2 N–H and O–H groups in total. The number of nitrogens with one attached hydrogen (secondary N) is 2. The Labute approximate surface area is 126 Å². The molecule has 1 amide bonds. The molecule has 2 rings (SSSR count). The summed E-state index contributed by atoms with van der Waals surface area (Å²) >= 11 is 3.43. The van der Waals surface area contributed by atoms with Gasteiger partial charge in [-0.25, -0.2) is 0 Å². The molecule has 0 atom stereocenters. The Morgan fingerprint density at radius 2 is 2.20 bits per heavy atom. The van der Waals surface area contributed by atoms with Crippen molar-refractivity contribution >= 4 is 27.5 Å². The van der Waals surface area contributed by atoms with Gasteiger partial charge in [-0.2, -0.15) is 0 Å². The highest BCUT2D eigenvalue weighted by atomic mass is 79.9. The van der Waals surface area contributed by atoms with Crippen molar-refractivity contribution in [3.05, 3.63) is 52.4 Å². The van der Waals surface area contributed by atoms with Gasteiger partial charge in [-0.3, -0.25) is 4.79 Å². The number of hydrogen-bond donors (Lipinski definition) is 2. The Morgan fingerprint density at radius 1 is 1.35 bits per heavy atom. The zero-order valence-electron chi connectivity index (χ0n) is 11.3. The summed E-state index contributed by atoms with van der Waals surface area (Å²) in [5, 5.41) is 6.04. The van der Waals surface area contributed by atoms with Crippen LogP contribution in [0.25, 0.3) is 0 Å². The van der Waals surface area contributed by atoms with Gasteiger partial charge < -0.3 is 15.1 Å². The Kier molecular flexibility index (Phi) is 5.38. The Hall–Kier alpha value is -1.59. The van der Waals surface area contributed by atoms with Crippen molar-refractivity contribution in [2.75, 3.05) is 11.9 Å². The van der Waals surface area contributed by atoms with Crippen LogP contribution in [0.5, 0.6) is 0 Å². The SMILES string of the molecule is Cc1cc(NC(=O)CCNCc2ccco2)ccc1Br. The van der Waals surface area contributed by atoms with Crippen molar-refractivity contribution in [3.8, 4) is 0 Å². The van der Waals surface area contributed by atoms with Gasteiger partial charge in [0.05, 0.1) is 12.8 Å². The summed E-state index contributed by atoms with van der Waals surface area (Å²) in [4.78, 5) is 11.8. The predicted octanol–water partition coefficient (Wildman–Crippen LogP) is 3.47. The van der Waals surface area contributed by atoms with Crippen molar-refractivity contribution in [2.45, 2.75) is 19.9 Å². The quantitative estimate of drug-likeness (QED) is 0.794. The molecule has 1 aromatic heterocycles. The molecule has 0 radical (unpaired) electrons. The maximum Gasteiger partial charge on any atom is 0.225 e. The lowest BCUT2D eigenvalue weighted by Crippen LogP contribution is -2.21.